The van der Waals surface area contributed by atoms with Crippen LogP contribution in [0.25, 0.3) is 11.1 Å². The van der Waals surface area contributed by atoms with Gasteiger partial charge in [-0.1, -0.05) is 12.1 Å². The first-order valence-electron chi connectivity index (χ1n) is 12.8. The summed E-state index contributed by atoms with van der Waals surface area (Å²) in [6.45, 7) is 5.83. The zero-order valence-corrected chi connectivity index (χ0v) is 21.3. The van der Waals surface area contributed by atoms with Crippen LogP contribution >= 0.6 is 0 Å². The van der Waals surface area contributed by atoms with Gasteiger partial charge >= 0.3 is 0 Å². The van der Waals surface area contributed by atoms with Crippen LogP contribution in [0.15, 0.2) is 36.4 Å². The lowest BCUT2D eigenvalue weighted by Crippen LogP contribution is -2.44. The second-order valence-corrected chi connectivity index (χ2v) is 10.6. The number of rotatable bonds is 8. The topological polar surface area (TPSA) is 75.9 Å². The molecule has 0 aromatic heterocycles. The van der Waals surface area contributed by atoms with Crippen LogP contribution in [0.1, 0.15) is 49.9 Å². The zero-order valence-electron chi connectivity index (χ0n) is 21.3. The predicted octanol–water partition coefficient (Wildman–Crippen LogP) is 4.56. The highest BCUT2D eigenvalue weighted by molar-refractivity contribution is 6.03. The molecule has 1 atom stereocenters. The van der Waals surface area contributed by atoms with E-state index in [2.05, 4.69) is 4.90 Å². The van der Waals surface area contributed by atoms with Gasteiger partial charge in [-0.2, -0.15) is 0 Å². The van der Waals surface area contributed by atoms with Crippen molar-refractivity contribution in [1.29, 1.82) is 0 Å². The maximum atomic E-state index is 15.2. The first-order chi connectivity index (χ1) is 17.5. The summed E-state index contributed by atoms with van der Waals surface area (Å²) >= 11 is 0. The second-order valence-electron chi connectivity index (χ2n) is 10.6. The molecule has 2 heterocycles. The average Bonchev–Trinajstić information content (AvgIpc) is 3.33. The Balaban J connectivity index is 1.45. The molecular formula is C28H34F3N3O3. The molecular weight excluding hydrogens is 483 g/mol. The van der Waals surface area contributed by atoms with Gasteiger partial charge in [0.2, 0.25) is 5.91 Å². The Kier molecular flexibility index (Phi) is 8.11. The molecule has 2 aromatic carbocycles. The molecule has 9 heteroatoms. The summed E-state index contributed by atoms with van der Waals surface area (Å²) in [4.78, 5) is 28.4. The molecule has 6 nitrogen and oxygen atoms in total. The van der Waals surface area contributed by atoms with Crippen molar-refractivity contribution in [3.8, 4) is 16.9 Å². The first kappa shape index (κ1) is 27.0. The fourth-order valence-corrected chi connectivity index (χ4v) is 5.28. The average molecular weight is 518 g/mol. The Bertz CT molecular complexity index is 1140. The van der Waals surface area contributed by atoms with Crippen LogP contribution in [0.3, 0.4) is 0 Å². The molecule has 37 heavy (non-hydrogen) atoms. The van der Waals surface area contributed by atoms with Gasteiger partial charge in [-0.3, -0.25) is 9.59 Å². The first-order valence-corrected chi connectivity index (χ1v) is 12.8. The summed E-state index contributed by atoms with van der Waals surface area (Å²) in [6.07, 6.45) is 2.73. The summed E-state index contributed by atoms with van der Waals surface area (Å²) < 4.78 is 49.8. The Labute approximate surface area is 215 Å². The van der Waals surface area contributed by atoms with E-state index in [0.29, 0.717) is 31.7 Å². The number of amides is 2. The number of nitrogens with two attached hydrogens (primary N) is 1. The maximum Gasteiger partial charge on any atom is 0.258 e. The number of halogens is 3. The minimum atomic E-state index is -1.23. The number of ether oxygens (including phenoxy) is 1. The van der Waals surface area contributed by atoms with Crippen LogP contribution in [0, 0.1) is 17.6 Å². The third kappa shape index (κ3) is 6.44. The molecule has 2 saturated heterocycles. The van der Waals surface area contributed by atoms with Gasteiger partial charge < -0.3 is 20.3 Å². The second kappa shape index (κ2) is 11.1. The van der Waals surface area contributed by atoms with Gasteiger partial charge in [0, 0.05) is 30.3 Å². The van der Waals surface area contributed by atoms with Crippen molar-refractivity contribution in [2.24, 2.45) is 11.7 Å². The van der Waals surface area contributed by atoms with Gasteiger partial charge in [0.1, 0.15) is 29.1 Å². The van der Waals surface area contributed by atoms with Crippen molar-refractivity contribution in [3.05, 3.63) is 53.6 Å². The number of likely N-dealkylation sites (tertiary alicyclic amines) is 2. The number of primary amides is 1. The van der Waals surface area contributed by atoms with Crippen molar-refractivity contribution in [3.63, 3.8) is 0 Å². The molecule has 0 saturated carbocycles. The van der Waals surface area contributed by atoms with Crippen molar-refractivity contribution in [2.45, 2.75) is 51.2 Å². The Morgan fingerprint density at radius 1 is 1.03 bits per heavy atom. The molecule has 2 aromatic rings. The van der Waals surface area contributed by atoms with Crippen LogP contribution < -0.4 is 10.5 Å². The molecule has 0 bridgehead atoms. The van der Waals surface area contributed by atoms with E-state index in [4.69, 9.17) is 10.5 Å². The SMILES string of the molecule is CC(C)(F)CN1CCC(COc2ccc(-c3cccc(F)c3C(=O)N3CCC[C@H]3C(N)=O)c(F)c2)CC1. The number of piperidine rings is 1. The molecule has 2 aliphatic rings. The van der Waals surface area contributed by atoms with E-state index in [1.165, 1.54) is 29.2 Å². The predicted molar refractivity (Wildman–Crippen MR) is 135 cm³/mol. The quantitative estimate of drug-likeness (QED) is 0.557. The van der Waals surface area contributed by atoms with E-state index >= 15 is 4.39 Å². The number of alkyl halides is 1. The maximum absolute atomic E-state index is 15.2. The summed E-state index contributed by atoms with van der Waals surface area (Å²) in [5.74, 6) is -2.14. The Morgan fingerprint density at radius 3 is 2.41 bits per heavy atom. The summed E-state index contributed by atoms with van der Waals surface area (Å²) in [5.41, 5.74) is 4.08. The summed E-state index contributed by atoms with van der Waals surface area (Å²) in [5, 5.41) is 0. The van der Waals surface area contributed by atoms with Gasteiger partial charge in [0.05, 0.1) is 12.2 Å². The van der Waals surface area contributed by atoms with Crippen molar-refractivity contribution >= 4 is 11.8 Å². The fourth-order valence-electron chi connectivity index (χ4n) is 5.28. The number of nitrogens with zero attached hydrogens (tertiary/aromatic N) is 2. The monoisotopic (exact) mass is 517 g/mol. The molecule has 0 aliphatic carbocycles. The molecule has 2 aliphatic heterocycles. The largest absolute Gasteiger partial charge is 0.493 e. The third-order valence-corrected chi connectivity index (χ3v) is 7.09. The summed E-state index contributed by atoms with van der Waals surface area (Å²) in [6, 6.07) is 7.53. The highest BCUT2D eigenvalue weighted by Crippen LogP contribution is 2.33. The lowest BCUT2D eigenvalue weighted by Gasteiger charge is -2.34. The van der Waals surface area contributed by atoms with Gasteiger partial charge in [-0.05, 0) is 76.7 Å². The Hall–Kier alpha value is -3.07. The number of benzene rings is 2. The molecule has 0 spiro atoms. The fraction of sp³-hybridized carbons (Fsp3) is 0.500. The van der Waals surface area contributed by atoms with E-state index in [1.54, 1.807) is 19.9 Å². The molecule has 0 radical (unpaired) electrons. The molecule has 2 amide bonds. The smallest absolute Gasteiger partial charge is 0.258 e. The molecule has 4 rings (SSSR count). The lowest BCUT2D eigenvalue weighted by atomic mass is 9.96. The van der Waals surface area contributed by atoms with Crippen LogP contribution in [0.2, 0.25) is 0 Å². The van der Waals surface area contributed by atoms with Gasteiger partial charge in [0.25, 0.3) is 5.91 Å². The van der Waals surface area contributed by atoms with E-state index in [1.807, 2.05) is 0 Å². The van der Waals surface area contributed by atoms with Gasteiger partial charge in [-0.25, -0.2) is 13.2 Å². The number of carbonyl (C=O) groups excluding carboxylic acids is 2. The minimum Gasteiger partial charge on any atom is -0.493 e. The lowest BCUT2D eigenvalue weighted by molar-refractivity contribution is -0.121. The van der Waals surface area contributed by atoms with E-state index in [9.17, 15) is 18.4 Å². The van der Waals surface area contributed by atoms with Gasteiger partial charge in [0.15, 0.2) is 0 Å². The molecule has 2 N–H and O–H groups in total. The number of hydrogen-bond donors (Lipinski definition) is 1. The molecule has 0 unspecified atom stereocenters. The van der Waals surface area contributed by atoms with E-state index in [0.717, 1.165) is 32.0 Å². The minimum absolute atomic E-state index is 0.0622. The van der Waals surface area contributed by atoms with E-state index in [-0.39, 0.29) is 29.2 Å². The van der Waals surface area contributed by atoms with Crippen LogP contribution in [-0.2, 0) is 4.79 Å². The van der Waals surface area contributed by atoms with Crippen molar-refractivity contribution in [2.75, 3.05) is 32.8 Å². The number of hydrogen-bond acceptors (Lipinski definition) is 4. The zero-order chi connectivity index (χ0) is 26.7. The van der Waals surface area contributed by atoms with Gasteiger partial charge in [-0.15, -0.1) is 0 Å². The summed E-state index contributed by atoms with van der Waals surface area (Å²) in [7, 11) is 0. The molecule has 200 valence electrons. The van der Waals surface area contributed by atoms with Crippen molar-refractivity contribution in [1.82, 2.24) is 9.80 Å². The standard InChI is InChI=1S/C28H34F3N3O3/c1-28(2,31)17-33-13-10-18(11-14-33)16-37-19-8-9-20(23(30)15-19)21-5-3-6-22(29)25(21)27(36)34-12-4-7-24(34)26(32)35/h3,5-6,8-9,15,18,24H,4,7,10-14,16-17H2,1-2H3,(H2,32,35)/t24-/m0/s1. The highest BCUT2D eigenvalue weighted by Gasteiger charge is 2.35. The van der Waals surface area contributed by atoms with Crippen molar-refractivity contribution < 1.29 is 27.5 Å². The Morgan fingerprint density at radius 2 is 1.76 bits per heavy atom. The van der Waals surface area contributed by atoms with Crippen LogP contribution in [0.5, 0.6) is 5.75 Å². The van der Waals surface area contributed by atoms with Crippen LogP contribution in [-0.4, -0.2) is 66.1 Å². The van der Waals surface area contributed by atoms with E-state index < -0.39 is 35.2 Å². The van der Waals surface area contributed by atoms with Crippen LogP contribution in [0.4, 0.5) is 13.2 Å². The third-order valence-electron chi connectivity index (χ3n) is 7.09. The normalized spacial score (nSPS) is 19.3. The molecule has 2 fully saturated rings. The highest BCUT2D eigenvalue weighted by atomic mass is 19.1. The number of carbonyl (C=O) groups is 2.